The molecular weight excluding hydrogens is 928 g/mol. The number of hydrogen-bond acceptors (Lipinski definition) is 2. The second-order valence-corrected chi connectivity index (χ2v) is 33.1. The number of rotatable bonds is 3. The van der Waals surface area contributed by atoms with Crippen molar-refractivity contribution >= 4 is 57.2 Å². The van der Waals surface area contributed by atoms with Gasteiger partial charge >= 0.3 is 0 Å². The molecule has 77 heavy (non-hydrogen) atoms. The summed E-state index contributed by atoms with van der Waals surface area (Å²) in [7, 11) is 0. The maximum absolute atomic E-state index is 2.80. The highest BCUT2D eigenvalue weighted by atomic mass is 15.2. The molecule has 2 heterocycles. The third-order valence-corrected chi connectivity index (χ3v) is 21.2. The van der Waals surface area contributed by atoms with Crippen molar-refractivity contribution in [3.05, 3.63) is 147 Å². The number of hydrogen-bond donors (Lipinski definition) is 0. The van der Waals surface area contributed by atoms with E-state index in [1.165, 1.54) is 121 Å². The maximum atomic E-state index is 2.80. The molecule has 6 aromatic carbocycles. The van der Waals surface area contributed by atoms with E-state index < -0.39 is 0 Å². The van der Waals surface area contributed by atoms with Crippen LogP contribution in [0.25, 0.3) is 11.1 Å². The molecule has 6 aliphatic rings. The van der Waals surface area contributed by atoms with Crippen molar-refractivity contribution < 1.29 is 0 Å². The van der Waals surface area contributed by atoms with E-state index in [1.54, 1.807) is 22.3 Å². The number of benzene rings is 6. The lowest BCUT2D eigenvalue weighted by molar-refractivity contribution is 0.332. The van der Waals surface area contributed by atoms with E-state index in [4.69, 9.17) is 0 Å². The molecule has 0 N–H and O–H groups in total. The van der Waals surface area contributed by atoms with Crippen LogP contribution in [-0.2, 0) is 54.1 Å². The molecule has 0 amide bonds. The lowest BCUT2D eigenvalue weighted by Crippen LogP contribution is -2.62. The Labute approximate surface area is 467 Å². The van der Waals surface area contributed by atoms with Crippen molar-refractivity contribution in [1.29, 1.82) is 0 Å². The molecule has 4 aliphatic carbocycles. The summed E-state index contributed by atoms with van der Waals surface area (Å²) >= 11 is 0. The van der Waals surface area contributed by atoms with Gasteiger partial charge in [-0.15, -0.1) is 0 Å². The Morgan fingerprint density at radius 3 is 1.29 bits per heavy atom. The summed E-state index contributed by atoms with van der Waals surface area (Å²) in [5, 5.41) is 0. The molecule has 6 aromatic rings. The molecule has 402 valence electrons. The monoisotopic (exact) mass is 1020 g/mol. The molecule has 0 aromatic heterocycles. The first-order valence-electron chi connectivity index (χ1n) is 30.0. The van der Waals surface area contributed by atoms with E-state index in [-0.39, 0.29) is 60.9 Å². The summed E-state index contributed by atoms with van der Waals surface area (Å²) in [6.07, 6.45) is 6.97. The van der Waals surface area contributed by atoms with Gasteiger partial charge in [0.1, 0.15) is 0 Å². The van der Waals surface area contributed by atoms with Crippen molar-refractivity contribution in [3.63, 3.8) is 0 Å². The van der Waals surface area contributed by atoms with Gasteiger partial charge in [-0.3, -0.25) is 0 Å². The van der Waals surface area contributed by atoms with Crippen LogP contribution in [0.5, 0.6) is 0 Å². The quantitative estimate of drug-likeness (QED) is 0.163. The Morgan fingerprint density at radius 2 is 0.779 bits per heavy atom. The van der Waals surface area contributed by atoms with Crippen LogP contribution in [0.3, 0.4) is 0 Å². The van der Waals surface area contributed by atoms with E-state index in [9.17, 15) is 0 Å². The highest BCUT2D eigenvalue weighted by molar-refractivity contribution is 7.00. The largest absolute Gasteiger partial charge is 0.311 e. The molecule has 0 unspecified atom stereocenters. The van der Waals surface area contributed by atoms with Crippen molar-refractivity contribution in [3.8, 4) is 11.1 Å². The fraction of sp³-hybridized carbons (Fsp3) is 0.514. The SMILES string of the molecule is CC(C)(C)c1ccc(N2c3ccc(C(C)(C)C)cc3B3c4cc5c(cc4N(c4ccc6c(c4)C(C)(C)CCC6(C)C)c4cc(-c6c7c(cc8c6C(C)(C)CC8(C)C)C(C)(C)CC7(C)C)cc2c43)C(C)(C)CCC5(C)C)cc1. The third kappa shape index (κ3) is 7.73. The van der Waals surface area contributed by atoms with E-state index in [1.807, 2.05) is 0 Å². The molecule has 0 atom stereocenters. The smallest absolute Gasteiger partial charge is 0.252 e. The maximum Gasteiger partial charge on any atom is 0.252 e. The standard InChI is InChI=1S/C74H93BN2/c1-65(2,3)45-23-26-47(27-24-45)76-57-30-25-46(66(4,5)6)37-55(57)75-56-40-51-52(70(13,14)34-33-69(51,11)12)41-58(56)77(48-28-29-49-50(38-48)68(9,10)32-31-67(49,7)8)60-36-44(35-59(76)64(60)75)61-62-53(71(15,16)42-73(62,19)20)39-54-63(61)74(21,22)43-72(54,17)18/h23-30,35-41H,31-34,42-43H2,1-22H3. The van der Waals surface area contributed by atoms with Gasteiger partial charge in [-0.05, 0) is 224 Å². The van der Waals surface area contributed by atoms with Crippen LogP contribution in [0.15, 0.2) is 91.0 Å². The second kappa shape index (κ2) is 15.9. The Balaban J connectivity index is 1.29. The van der Waals surface area contributed by atoms with Crippen LogP contribution < -0.4 is 26.2 Å². The average molecular weight is 1020 g/mol. The van der Waals surface area contributed by atoms with Gasteiger partial charge in [0, 0.05) is 34.1 Å². The van der Waals surface area contributed by atoms with Crippen molar-refractivity contribution in [1.82, 2.24) is 0 Å². The van der Waals surface area contributed by atoms with Crippen LogP contribution in [0.4, 0.5) is 34.1 Å². The Morgan fingerprint density at radius 1 is 0.351 bits per heavy atom. The van der Waals surface area contributed by atoms with Crippen LogP contribution in [0, 0.1) is 0 Å². The summed E-state index contributed by atoms with van der Waals surface area (Å²) in [4.78, 5) is 5.50. The predicted octanol–water partition coefficient (Wildman–Crippen LogP) is 18.6. The predicted molar refractivity (Wildman–Crippen MR) is 335 cm³/mol. The first kappa shape index (κ1) is 52.7. The van der Waals surface area contributed by atoms with E-state index in [0.717, 1.165) is 12.8 Å². The van der Waals surface area contributed by atoms with Crippen molar-refractivity contribution in [2.75, 3.05) is 9.80 Å². The molecule has 2 aliphatic heterocycles. The van der Waals surface area contributed by atoms with Crippen LogP contribution >= 0.6 is 0 Å². The van der Waals surface area contributed by atoms with E-state index >= 15 is 0 Å². The van der Waals surface area contributed by atoms with Gasteiger partial charge in [0.05, 0.1) is 0 Å². The van der Waals surface area contributed by atoms with E-state index in [2.05, 4.69) is 253 Å². The molecule has 12 rings (SSSR count). The minimum Gasteiger partial charge on any atom is -0.311 e. The molecule has 0 fully saturated rings. The van der Waals surface area contributed by atoms with E-state index in [0.29, 0.717) is 0 Å². The average Bonchev–Trinajstić information content (AvgIpc) is 3.75. The molecule has 3 heteroatoms. The zero-order chi connectivity index (χ0) is 55.7. The Kier molecular flexibility index (Phi) is 10.9. The zero-order valence-electron chi connectivity index (χ0n) is 51.9. The minimum atomic E-state index is -0.0362. The van der Waals surface area contributed by atoms with Gasteiger partial charge in [-0.2, -0.15) is 0 Å². The zero-order valence-corrected chi connectivity index (χ0v) is 51.9. The number of nitrogens with zero attached hydrogens (tertiary/aromatic N) is 2. The summed E-state index contributed by atoms with van der Waals surface area (Å²) < 4.78 is 0. The lowest BCUT2D eigenvalue weighted by Gasteiger charge is -2.48. The van der Waals surface area contributed by atoms with Crippen LogP contribution in [-0.4, -0.2) is 6.71 Å². The minimum absolute atomic E-state index is 0.0137. The van der Waals surface area contributed by atoms with Gasteiger partial charge in [-0.25, -0.2) is 0 Å². The summed E-state index contributed by atoms with van der Waals surface area (Å²) in [6, 6.07) is 38.6. The number of fused-ring (bicyclic) bond motifs is 8. The fourth-order valence-electron chi connectivity index (χ4n) is 17.1. The van der Waals surface area contributed by atoms with Gasteiger partial charge in [0.15, 0.2) is 0 Å². The van der Waals surface area contributed by atoms with Crippen molar-refractivity contribution in [2.24, 2.45) is 0 Å². The van der Waals surface area contributed by atoms with Gasteiger partial charge in [-0.1, -0.05) is 195 Å². The summed E-state index contributed by atoms with van der Waals surface area (Å²) in [5.74, 6) is 0. The lowest BCUT2D eigenvalue weighted by atomic mass is 9.33. The van der Waals surface area contributed by atoms with Gasteiger partial charge < -0.3 is 9.80 Å². The molecular formula is C74H93BN2. The normalized spacial score (nSPS) is 21.8. The third-order valence-electron chi connectivity index (χ3n) is 21.2. The molecule has 0 bridgehead atoms. The molecule has 0 saturated carbocycles. The van der Waals surface area contributed by atoms with Gasteiger partial charge in [0.25, 0.3) is 6.71 Å². The molecule has 0 spiro atoms. The van der Waals surface area contributed by atoms with Crippen LogP contribution in [0.2, 0.25) is 0 Å². The van der Waals surface area contributed by atoms with Gasteiger partial charge in [0.2, 0.25) is 0 Å². The molecule has 0 radical (unpaired) electrons. The number of anilines is 6. The fourth-order valence-corrected chi connectivity index (χ4v) is 17.1. The summed E-state index contributed by atoms with van der Waals surface area (Å²) in [5.41, 5.74) is 30.2. The molecule has 2 nitrogen and oxygen atoms in total. The molecule has 0 saturated heterocycles. The topological polar surface area (TPSA) is 6.48 Å². The second-order valence-electron chi connectivity index (χ2n) is 33.1. The van der Waals surface area contributed by atoms with Crippen molar-refractivity contribution in [2.45, 2.75) is 245 Å². The Hall–Kier alpha value is -5.02. The highest BCUT2D eigenvalue weighted by Crippen LogP contribution is 2.62. The van der Waals surface area contributed by atoms with Crippen LogP contribution in [0.1, 0.15) is 246 Å². The summed E-state index contributed by atoms with van der Waals surface area (Å²) in [6.45, 7) is 54.6. The highest BCUT2D eigenvalue weighted by Gasteiger charge is 2.53. The first-order chi connectivity index (χ1) is 35.4. The first-order valence-corrected chi connectivity index (χ1v) is 30.0. The Bertz CT molecular complexity index is 3440.